The van der Waals surface area contributed by atoms with Crippen molar-refractivity contribution in [3.05, 3.63) is 34.5 Å². The van der Waals surface area contributed by atoms with Crippen molar-refractivity contribution in [1.82, 2.24) is 4.90 Å². The molecule has 1 aliphatic heterocycles. The van der Waals surface area contributed by atoms with Crippen molar-refractivity contribution in [3.8, 4) is 0 Å². The highest BCUT2D eigenvalue weighted by Crippen LogP contribution is 2.34. The summed E-state index contributed by atoms with van der Waals surface area (Å²) in [5, 5.41) is 1.45. The molecule has 0 bridgehead atoms. The summed E-state index contributed by atoms with van der Waals surface area (Å²) in [6.07, 6.45) is -0.272. The van der Waals surface area contributed by atoms with Gasteiger partial charge in [-0.15, -0.1) is 11.3 Å². The largest absolute Gasteiger partial charge is 0.425 e. The second-order valence-electron chi connectivity index (χ2n) is 5.65. The Morgan fingerprint density at radius 2 is 2.30 bits per heavy atom. The molecule has 0 N–H and O–H groups in total. The Hall–Kier alpha value is -1.34. The molecule has 1 unspecified atom stereocenters. The van der Waals surface area contributed by atoms with Crippen LogP contribution in [0, 0.1) is 5.92 Å². The summed E-state index contributed by atoms with van der Waals surface area (Å²) in [7, 11) is 0. The predicted octanol–water partition coefficient (Wildman–Crippen LogP) is 4.10. The molecule has 1 aromatic heterocycles. The van der Waals surface area contributed by atoms with Gasteiger partial charge in [0.2, 0.25) is 5.91 Å². The van der Waals surface area contributed by atoms with Crippen LogP contribution in [0.4, 0.5) is 13.2 Å². The van der Waals surface area contributed by atoms with Crippen LogP contribution in [0.1, 0.15) is 29.7 Å². The van der Waals surface area contributed by atoms with Crippen LogP contribution in [0.15, 0.2) is 24.1 Å². The minimum absolute atomic E-state index is 0.172. The molecule has 1 aliphatic rings. The number of rotatable bonds is 6. The number of nitrogens with zero attached hydrogens (tertiary/aromatic N) is 1. The molecule has 128 valence electrons. The zero-order chi connectivity index (χ0) is 16.9. The molecule has 1 fully saturated rings. The van der Waals surface area contributed by atoms with Gasteiger partial charge in [-0.3, -0.25) is 4.79 Å². The standard InChI is InChI=1S/C16H20F3NO2S/c1-2-15(21)20(6-5-12-4-3-7-22-10-12)9-13-8-14(23-11-13)16(17,18)19/h2,8,11-12H,1,3-7,9-10H2. The van der Waals surface area contributed by atoms with Crippen molar-refractivity contribution in [2.75, 3.05) is 19.8 Å². The molecule has 1 atom stereocenters. The first-order valence-electron chi connectivity index (χ1n) is 7.54. The highest BCUT2D eigenvalue weighted by atomic mass is 32.1. The number of hydrogen-bond donors (Lipinski definition) is 0. The summed E-state index contributed by atoms with van der Waals surface area (Å²) >= 11 is 0.655. The molecule has 0 saturated carbocycles. The lowest BCUT2D eigenvalue weighted by Gasteiger charge is -2.26. The highest BCUT2D eigenvalue weighted by molar-refractivity contribution is 7.10. The van der Waals surface area contributed by atoms with E-state index in [0.29, 0.717) is 36.0 Å². The van der Waals surface area contributed by atoms with Crippen LogP contribution in [0.3, 0.4) is 0 Å². The molecule has 2 rings (SSSR count). The van der Waals surface area contributed by atoms with E-state index in [0.717, 1.165) is 31.9 Å². The minimum atomic E-state index is -4.34. The van der Waals surface area contributed by atoms with Crippen molar-refractivity contribution in [2.24, 2.45) is 5.92 Å². The van der Waals surface area contributed by atoms with Gasteiger partial charge in [0.25, 0.3) is 0 Å². The number of alkyl halides is 3. The molecule has 1 saturated heterocycles. The van der Waals surface area contributed by atoms with E-state index < -0.39 is 11.1 Å². The van der Waals surface area contributed by atoms with Crippen molar-refractivity contribution < 1.29 is 22.7 Å². The van der Waals surface area contributed by atoms with Crippen LogP contribution in [-0.2, 0) is 22.3 Å². The number of carbonyl (C=O) groups excluding carboxylic acids is 1. The summed E-state index contributed by atoms with van der Waals surface area (Å²) < 4.78 is 43.4. The first kappa shape index (κ1) is 18.0. The molecule has 0 aliphatic carbocycles. The summed E-state index contributed by atoms with van der Waals surface area (Å²) in [4.78, 5) is 12.9. The number of hydrogen-bond acceptors (Lipinski definition) is 3. The third-order valence-corrected chi connectivity index (χ3v) is 4.88. The van der Waals surface area contributed by atoms with Crippen LogP contribution < -0.4 is 0 Å². The lowest BCUT2D eigenvalue weighted by molar-refractivity contribution is -0.134. The minimum Gasteiger partial charge on any atom is -0.381 e. The molecule has 7 heteroatoms. The average molecular weight is 347 g/mol. The Kier molecular flexibility index (Phi) is 6.24. The van der Waals surface area contributed by atoms with E-state index in [4.69, 9.17) is 4.74 Å². The van der Waals surface area contributed by atoms with E-state index in [1.54, 1.807) is 4.90 Å². The molecule has 1 amide bonds. The zero-order valence-corrected chi connectivity index (χ0v) is 13.6. The van der Waals surface area contributed by atoms with Gasteiger partial charge >= 0.3 is 6.18 Å². The first-order valence-corrected chi connectivity index (χ1v) is 8.42. The maximum absolute atomic E-state index is 12.7. The van der Waals surface area contributed by atoms with Gasteiger partial charge in [-0.1, -0.05) is 6.58 Å². The molecule has 3 nitrogen and oxygen atoms in total. The fraction of sp³-hybridized carbons (Fsp3) is 0.562. The average Bonchev–Trinajstić information content (AvgIpc) is 3.00. The van der Waals surface area contributed by atoms with Crippen molar-refractivity contribution in [3.63, 3.8) is 0 Å². The summed E-state index contributed by atoms with van der Waals surface area (Å²) in [5.41, 5.74) is 0.498. The van der Waals surface area contributed by atoms with Crippen LogP contribution in [0.25, 0.3) is 0 Å². The van der Waals surface area contributed by atoms with Crippen molar-refractivity contribution in [1.29, 1.82) is 0 Å². The second-order valence-corrected chi connectivity index (χ2v) is 6.56. The van der Waals surface area contributed by atoms with E-state index in [2.05, 4.69) is 6.58 Å². The van der Waals surface area contributed by atoms with Gasteiger partial charge in [0.15, 0.2) is 0 Å². The number of carbonyl (C=O) groups is 1. The Labute approximate surface area is 137 Å². The van der Waals surface area contributed by atoms with Gasteiger partial charge < -0.3 is 9.64 Å². The van der Waals surface area contributed by atoms with Crippen LogP contribution in [0.2, 0.25) is 0 Å². The van der Waals surface area contributed by atoms with E-state index in [1.165, 1.54) is 11.5 Å². The van der Waals surface area contributed by atoms with Gasteiger partial charge in [-0.25, -0.2) is 0 Å². The molecule has 2 heterocycles. The van der Waals surface area contributed by atoms with Crippen molar-refractivity contribution in [2.45, 2.75) is 32.0 Å². The summed E-state index contributed by atoms with van der Waals surface area (Å²) in [5.74, 6) is 0.138. The molecular formula is C16H20F3NO2S. The number of halogens is 3. The third-order valence-electron chi connectivity index (χ3n) is 3.85. The quantitative estimate of drug-likeness (QED) is 0.725. The van der Waals surface area contributed by atoms with Crippen LogP contribution >= 0.6 is 11.3 Å². The summed E-state index contributed by atoms with van der Waals surface area (Å²) in [6.45, 7) is 5.60. The molecule has 1 aromatic rings. The van der Waals surface area contributed by atoms with E-state index in [1.807, 2.05) is 0 Å². The van der Waals surface area contributed by atoms with Gasteiger partial charge in [-0.2, -0.15) is 13.2 Å². The Morgan fingerprint density at radius 1 is 1.52 bits per heavy atom. The fourth-order valence-electron chi connectivity index (χ4n) is 2.60. The summed E-state index contributed by atoms with van der Waals surface area (Å²) in [6, 6.07) is 1.11. The molecule has 0 radical (unpaired) electrons. The highest BCUT2D eigenvalue weighted by Gasteiger charge is 2.32. The molecule has 23 heavy (non-hydrogen) atoms. The van der Waals surface area contributed by atoms with E-state index in [-0.39, 0.29) is 12.5 Å². The smallest absolute Gasteiger partial charge is 0.381 e. The zero-order valence-electron chi connectivity index (χ0n) is 12.8. The molecular weight excluding hydrogens is 327 g/mol. The Balaban J connectivity index is 1.96. The van der Waals surface area contributed by atoms with E-state index in [9.17, 15) is 18.0 Å². The maximum atomic E-state index is 12.7. The van der Waals surface area contributed by atoms with Gasteiger partial charge in [0.1, 0.15) is 4.88 Å². The van der Waals surface area contributed by atoms with Gasteiger partial charge in [0, 0.05) is 26.3 Å². The third kappa shape index (κ3) is 5.35. The number of amides is 1. The SMILES string of the molecule is C=CC(=O)N(CCC1CCCOC1)Cc1csc(C(F)(F)F)c1. The Morgan fingerprint density at radius 3 is 2.87 bits per heavy atom. The number of ether oxygens (including phenoxy) is 1. The van der Waals surface area contributed by atoms with Gasteiger partial charge in [0.05, 0.1) is 0 Å². The number of thiophene rings is 1. The van der Waals surface area contributed by atoms with Gasteiger partial charge in [-0.05, 0) is 48.3 Å². The van der Waals surface area contributed by atoms with Crippen LogP contribution in [0.5, 0.6) is 0 Å². The second kappa shape index (κ2) is 7.97. The fourth-order valence-corrected chi connectivity index (χ4v) is 3.37. The Bertz CT molecular complexity index is 536. The first-order chi connectivity index (χ1) is 10.9. The van der Waals surface area contributed by atoms with E-state index >= 15 is 0 Å². The normalized spacial score (nSPS) is 18.7. The molecule has 0 spiro atoms. The lowest BCUT2D eigenvalue weighted by Crippen LogP contribution is -2.32. The van der Waals surface area contributed by atoms with Crippen molar-refractivity contribution >= 4 is 17.2 Å². The van der Waals surface area contributed by atoms with Crippen LogP contribution in [-0.4, -0.2) is 30.6 Å². The molecule has 0 aromatic carbocycles. The predicted molar refractivity (Wildman–Crippen MR) is 83.1 cm³/mol. The lowest BCUT2D eigenvalue weighted by atomic mass is 9.98. The topological polar surface area (TPSA) is 29.5 Å². The monoisotopic (exact) mass is 347 g/mol. The maximum Gasteiger partial charge on any atom is 0.425 e.